The largest absolute Gasteiger partial charge is 0.317 e. The van der Waals surface area contributed by atoms with E-state index in [2.05, 4.69) is 64.6 Å². The molecule has 0 aliphatic carbocycles. The lowest BCUT2D eigenvalue weighted by Gasteiger charge is -2.08. The van der Waals surface area contributed by atoms with Crippen molar-refractivity contribution in [3.05, 3.63) is 46.4 Å². The number of rotatable bonds is 8. The molecule has 0 aliphatic heterocycles. The monoisotopic (exact) mass is 333 g/mol. The second-order valence-electron chi connectivity index (χ2n) is 5.27. The summed E-state index contributed by atoms with van der Waals surface area (Å²) in [4.78, 5) is 0. The van der Waals surface area contributed by atoms with E-state index < -0.39 is 0 Å². The van der Waals surface area contributed by atoms with Crippen molar-refractivity contribution in [2.24, 2.45) is 0 Å². The van der Waals surface area contributed by atoms with Crippen molar-refractivity contribution in [1.82, 2.24) is 5.32 Å². The quantitative estimate of drug-likeness (QED) is 0.645. The summed E-state index contributed by atoms with van der Waals surface area (Å²) in [5, 5.41) is 6.11. The van der Waals surface area contributed by atoms with Gasteiger partial charge < -0.3 is 5.32 Å². The Morgan fingerprint density at radius 1 is 0.900 bits per heavy atom. The molecule has 0 aromatic heterocycles. The van der Waals surface area contributed by atoms with Crippen LogP contribution in [-0.2, 0) is 6.42 Å². The third-order valence-corrected chi connectivity index (χ3v) is 4.45. The fourth-order valence-corrected chi connectivity index (χ4v) is 3.12. The van der Waals surface area contributed by atoms with Crippen molar-refractivity contribution < 1.29 is 0 Å². The standard InChI is InChI=1S/C18H24BrN/c1-2-20-14-8-4-3-5-9-15-12-13-18(19)17-11-7-6-10-16(15)17/h6-7,10-13,20H,2-5,8-9,14H2,1H3. The minimum atomic E-state index is 1.09. The van der Waals surface area contributed by atoms with Gasteiger partial charge in [-0.3, -0.25) is 0 Å². The number of hydrogen-bond donors (Lipinski definition) is 1. The first kappa shape index (κ1) is 15.5. The first-order chi connectivity index (χ1) is 9.83. The first-order valence-corrected chi connectivity index (χ1v) is 8.49. The summed E-state index contributed by atoms with van der Waals surface area (Å²) < 4.78 is 1.20. The Hall–Kier alpha value is -0.860. The average molecular weight is 334 g/mol. The van der Waals surface area contributed by atoms with Gasteiger partial charge in [-0.1, -0.05) is 66.0 Å². The first-order valence-electron chi connectivity index (χ1n) is 7.69. The Balaban J connectivity index is 1.86. The van der Waals surface area contributed by atoms with Crippen molar-refractivity contribution in [3.63, 3.8) is 0 Å². The molecule has 0 spiro atoms. The summed E-state index contributed by atoms with van der Waals surface area (Å²) in [5.74, 6) is 0. The van der Waals surface area contributed by atoms with Crippen LogP contribution in [0.2, 0.25) is 0 Å². The van der Waals surface area contributed by atoms with Gasteiger partial charge >= 0.3 is 0 Å². The second-order valence-corrected chi connectivity index (χ2v) is 6.12. The lowest BCUT2D eigenvalue weighted by molar-refractivity contribution is 0.598. The van der Waals surface area contributed by atoms with E-state index in [0.29, 0.717) is 0 Å². The molecule has 2 heteroatoms. The lowest BCUT2D eigenvalue weighted by atomic mass is 9.99. The molecular weight excluding hydrogens is 310 g/mol. The van der Waals surface area contributed by atoms with Crippen LogP contribution in [0.5, 0.6) is 0 Å². The van der Waals surface area contributed by atoms with Gasteiger partial charge in [0.25, 0.3) is 0 Å². The van der Waals surface area contributed by atoms with Crippen molar-refractivity contribution in [3.8, 4) is 0 Å². The van der Waals surface area contributed by atoms with Gasteiger partial charge in [0.2, 0.25) is 0 Å². The summed E-state index contributed by atoms with van der Waals surface area (Å²) in [6, 6.07) is 13.1. The highest BCUT2D eigenvalue weighted by molar-refractivity contribution is 9.10. The molecule has 0 aliphatic rings. The molecule has 2 rings (SSSR count). The molecule has 1 N–H and O–H groups in total. The Morgan fingerprint density at radius 3 is 2.45 bits per heavy atom. The van der Waals surface area contributed by atoms with Crippen LogP contribution in [0.1, 0.15) is 38.2 Å². The van der Waals surface area contributed by atoms with E-state index in [1.807, 2.05) is 0 Å². The van der Waals surface area contributed by atoms with Gasteiger partial charge in [-0.15, -0.1) is 0 Å². The molecule has 0 heterocycles. The summed E-state index contributed by atoms with van der Waals surface area (Å²) in [5.41, 5.74) is 1.48. The van der Waals surface area contributed by atoms with Gasteiger partial charge in [0.15, 0.2) is 0 Å². The fourth-order valence-electron chi connectivity index (χ4n) is 2.64. The molecule has 0 atom stereocenters. The van der Waals surface area contributed by atoms with E-state index in [0.717, 1.165) is 13.1 Å². The van der Waals surface area contributed by atoms with Crippen molar-refractivity contribution >= 4 is 26.7 Å². The van der Waals surface area contributed by atoms with Crippen LogP contribution in [0.15, 0.2) is 40.9 Å². The van der Waals surface area contributed by atoms with Crippen LogP contribution in [0, 0.1) is 0 Å². The molecule has 0 saturated carbocycles. The van der Waals surface area contributed by atoms with Gasteiger partial charge in [-0.05, 0) is 54.8 Å². The molecule has 0 unspecified atom stereocenters. The number of halogens is 1. The van der Waals surface area contributed by atoms with E-state index in [9.17, 15) is 0 Å². The third kappa shape index (κ3) is 4.32. The van der Waals surface area contributed by atoms with Gasteiger partial charge in [-0.2, -0.15) is 0 Å². The maximum Gasteiger partial charge on any atom is 0.0253 e. The van der Waals surface area contributed by atoms with Crippen LogP contribution in [-0.4, -0.2) is 13.1 Å². The highest BCUT2D eigenvalue weighted by atomic mass is 79.9. The number of unbranched alkanes of at least 4 members (excludes halogenated alkanes) is 3. The topological polar surface area (TPSA) is 12.0 Å². The summed E-state index contributed by atoms with van der Waals surface area (Å²) in [6.07, 6.45) is 6.44. The van der Waals surface area contributed by atoms with Gasteiger partial charge in [0.05, 0.1) is 0 Å². The van der Waals surface area contributed by atoms with Crippen LogP contribution in [0.25, 0.3) is 10.8 Å². The Bertz CT molecular complexity index is 536. The molecule has 0 fully saturated rings. The maximum atomic E-state index is 3.64. The van der Waals surface area contributed by atoms with E-state index in [1.54, 1.807) is 0 Å². The molecule has 0 amide bonds. The molecule has 108 valence electrons. The van der Waals surface area contributed by atoms with Crippen molar-refractivity contribution in [2.75, 3.05) is 13.1 Å². The van der Waals surface area contributed by atoms with E-state index in [1.165, 1.54) is 52.9 Å². The van der Waals surface area contributed by atoms with Crippen LogP contribution in [0.4, 0.5) is 0 Å². The highest BCUT2D eigenvalue weighted by Crippen LogP contribution is 2.27. The van der Waals surface area contributed by atoms with Crippen molar-refractivity contribution in [2.45, 2.75) is 39.0 Å². The zero-order chi connectivity index (χ0) is 14.2. The third-order valence-electron chi connectivity index (χ3n) is 3.76. The van der Waals surface area contributed by atoms with Gasteiger partial charge in [0, 0.05) is 4.47 Å². The minimum absolute atomic E-state index is 1.09. The number of benzene rings is 2. The van der Waals surface area contributed by atoms with Gasteiger partial charge in [-0.25, -0.2) is 0 Å². The van der Waals surface area contributed by atoms with Crippen LogP contribution < -0.4 is 5.32 Å². The highest BCUT2D eigenvalue weighted by Gasteiger charge is 2.03. The molecule has 2 aromatic rings. The average Bonchev–Trinajstić information content (AvgIpc) is 2.49. The smallest absolute Gasteiger partial charge is 0.0253 e. The SMILES string of the molecule is CCNCCCCCCc1ccc(Br)c2ccccc12. The zero-order valence-electron chi connectivity index (χ0n) is 12.3. The molecule has 0 saturated heterocycles. The zero-order valence-corrected chi connectivity index (χ0v) is 13.9. The molecule has 0 radical (unpaired) electrons. The predicted octanol–water partition coefficient (Wildman–Crippen LogP) is 5.31. The number of hydrogen-bond acceptors (Lipinski definition) is 1. The lowest BCUT2D eigenvalue weighted by Crippen LogP contribution is -2.13. The molecule has 2 aromatic carbocycles. The predicted molar refractivity (Wildman–Crippen MR) is 92.4 cm³/mol. The summed E-state index contributed by atoms with van der Waals surface area (Å²) in [6.45, 7) is 4.42. The minimum Gasteiger partial charge on any atom is -0.317 e. The van der Waals surface area contributed by atoms with Crippen molar-refractivity contribution in [1.29, 1.82) is 0 Å². The van der Waals surface area contributed by atoms with Gasteiger partial charge in [0.1, 0.15) is 0 Å². The molecule has 0 bridgehead atoms. The van der Waals surface area contributed by atoms with Crippen LogP contribution >= 0.6 is 15.9 Å². The summed E-state index contributed by atoms with van der Waals surface area (Å²) in [7, 11) is 0. The fraction of sp³-hybridized carbons (Fsp3) is 0.444. The number of nitrogens with one attached hydrogen (secondary N) is 1. The molecular formula is C18H24BrN. The normalized spacial score (nSPS) is 11.1. The molecule has 1 nitrogen and oxygen atoms in total. The van der Waals surface area contributed by atoms with E-state index in [4.69, 9.17) is 0 Å². The maximum absolute atomic E-state index is 3.64. The van der Waals surface area contributed by atoms with E-state index >= 15 is 0 Å². The van der Waals surface area contributed by atoms with Crippen LogP contribution in [0.3, 0.4) is 0 Å². The number of aryl methyl sites for hydroxylation is 1. The Kier molecular flexibility index (Phi) is 6.55. The summed E-state index contributed by atoms with van der Waals surface area (Å²) >= 11 is 3.64. The molecule has 20 heavy (non-hydrogen) atoms. The Morgan fingerprint density at radius 2 is 1.65 bits per heavy atom. The second kappa shape index (κ2) is 8.43. The Labute approximate surface area is 130 Å². The number of fused-ring (bicyclic) bond motifs is 1. The van der Waals surface area contributed by atoms with E-state index in [-0.39, 0.29) is 0 Å².